The van der Waals surface area contributed by atoms with Gasteiger partial charge in [-0.05, 0) is 56.8 Å². The topological polar surface area (TPSA) is 139 Å². The Kier molecular flexibility index (Phi) is 17.5. The summed E-state index contributed by atoms with van der Waals surface area (Å²) in [4.78, 5) is 47.0. The lowest BCUT2D eigenvalue weighted by atomic mass is 9.73. The Morgan fingerprint density at radius 2 is 1.37 bits per heavy atom. The molecular formula is C34H65N5O6S. The van der Waals surface area contributed by atoms with Crippen LogP contribution in [0, 0.1) is 29.6 Å². The molecule has 0 bridgehead atoms. The van der Waals surface area contributed by atoms with Gasteiger partial charge in [-0.3, -0.25) is 14.4 Å². The number of hydrogen-bond donors (Lipinski definition) is 3. The smallest absolute Gasteiger partial charge is 0.225 e. The maximum absolute atomic E-state index is 14.0. The minimum atomic E-state index is -3.59. The van der Waals surface area contributed by atoms with Gasteiger partial charge in [0.05, 0.1) is 17.9 Å². The van der Waals surface area contributed by atoms with E-state index >= 15 is 0 Å². The minimum absolute atomic E-state index is 0.0143. The number of nitrogens with one attached hydrogen (secondary N) is 2. The number of carbonyl (C=O) groups is 3. The molecule has 0 saturated heterocycles. The first-order chi connectivity index (χ1) is 21.7. The molecule has 5 unspecified atom stereocenters. The fourth-order valence-corrected chi connectivity index (χ4v) is 8.81. The molecule has 2 rings (SSSR count). The summed E-state index contributed by atoms with van der Waals surface area (Å²) in [5, 5.41) is 16.3. The molecule has 46 heavy (non-hydrogen) atoms. The zero-order valence-electron chi connectivity index (χ0n) is 29.8. The van der Waals surface area contributed by atoms with Crippen molar-refractivity contribution in [1.29, 1.82) is 0 Å². The molecule has 0 spiro atoms. The van der Waals surface area contributed by atoms with E-state index in [9.17, 15) is 27.9 Å². The molecule has 0 aromatic carbocycles. The molecule has 3 N–H and O–H groups in total. The molecule has 0 radical (unpaired) electrons. The van der Waals surface area contributed by atoms with Crippen LogP contribution in [0.25, 0.3) is 0 Å². The molecule has 0 aromatic rings. The monoisotopic (exact) mass is 671 g/mol. The van der Waals surface area contributed by atoms with E-state index in [1.807, 2.05) is 39.5 Å². The summed E-state index contributed by atoms with van der Waals surface area (Å²) < 4.78 is 25.5. The number of aliphatic hydroxyl groups excluding tert-OH is 1. The molecule has 2 fully saturated rings. The van der Waals surface area contributed by atoms with Crippen molar-refractivity contribution in [2.45, 2.75) is 124 Å². The fraction of sp³-hybridized carbons (Fsp3) is 0.912. The van der Waals surface area contributed by atoms with Crippen LogP contribution in [0.5, 0.6) is 0 Å². The van der Waals surface area contributed by atoms with Crippen molar-refractivity contribution in [3.63, 3.8) is 0 Å². The maximum Gasteiger partial charge on any atom is 0.225 e. The van der Waals surface area contributed by atoms with Crippen molar-refractivity contribution in [3.05, 3.63) is 0 Å². The van der Waals surface area contributed by atoms with Gasteiger partial charge in [-0.15, -0.1) is 4.83 Å². The van der Waals surface area contributed by atoms with Crippen LogP contribution in [-0.2, 0) is 24.4 Å². The Balaban J connectivity index is 2.30. The highest BCUT2D eigenvalue weighted by atomic mass is 32.2. The first kappa shape index (κ1) is 40.4. The third-order valence-corrected chi connectivity index (χ3v) is 11.0. The zero-order chi connectivity index (χ0) is 34.4. The molecule has 0 heterocycles. The van der Waals surface area contributed by atoms with E-state index in [1.54, 1.807) is 24.0 Å². The molecule has 2 saturated carbocycles. The highest BCUT2D eigenvalue weighted by Crippen LogP contribution is 2.36. The third kappa shape index (κ3) is 13.4. The zero-order valence-corrected chi connectivity index (χ0v) is 30.6. The van der Waals surface area contributed by atoms with Gasteiger partial charge >= 0.3 is 0 Å². The van der Waals surface area contributed by atoms with Crippen LogP contribution >= 0.6 is 0 Å². The van der Waals surface area contributed by atoms with Gasteiger partial charge in [0.1, 0.15) is 0 Å². The fourth-order valence-electron chi connectivity index (χ4n) is 7.30. The standard InChI is InChI=1S/C34H65N5O6S/c1-8-16-38(17-9-2)34(43)29-21-27(20-28(22-29)33(42)37(6)7)32(41)35-30(19-26-14-12-11-13-15-26)31(40)23-39(18-10-3)36-46(44,45)24-25(4)5/h25-31,36,40H,8-24H2,1-7H3,(H,35,41). The van der Waals surface area contributed by atoms with E-state index in [2.05, 4.69) is 10.1 Å². The van der Waals surface area contributed by atoms with Crippen LogP contribution in [0.4, 0.5) is 0 Å². The van der Waals surface area contributed by atoms with Gasteiger partial charge in [0.2, 0.25) is 27.7 Å². The van der Waals surface area contributed by atoms with E-state index in [0.717, 1.165) is 38.5 Å². The highest BCUT2D eigenvalue weighted by molar-refractivity contribution is 7.89. The summed E-state index contributed by atoms with van der Waals surface area (Å²) in [6.07, 6.45) is 8.59. The van der Waals surface area contributed by atoms with Crippen LogP contribution in [0.1, 0.15) is 112 Å². The van der Waals surface area contributed by atoms with Gasteiger partial charge < -0.3 is 20.2 Å². The summed E-state index contributed by atoms with van der Waals surface area (Å²) in [5.74, 6) is -1.41. The Morgan fingerprint density at radius 1 is 0.826 bits per heavy atom. The van der Waals surface area contributed by atoms with Crippen molar-refractivity contribution < 1.29 is 27.9 Å². The van der Waals surface area contributed by atoms with Crippen LogP contribution in [0.15, 0.2) is 0 Å². The molecule has 3 amide bonds. The molecule has 0 aromatic heterocycles. The molecule has 11 nitrogen and oxygen atoms in total. The second-order valence-electron chi connectivity index (χ2n) is 14.5. The second-order valence-corrected chi connectivity index (χ2v) is 16.2. The summed E-state index contributed by atoms with van der Waals surface area (Å²) in [7, 11) is -0.175. The number of amides is 3. The van der Waals surface area contributed by atoms with E-state index in [4.69, 9.17) is 0 Å². The molecule has 268 valence electrons. The second kappa shape index (κ2) is 19.9. The van der Waals surface area contributed by atoms with Gasteiger partial charge in [0.25, 0.3) is 0 Å². The molecule has 12 heteroatoms. The third-order valence-electron chi connectivity index (χ3n) is 9.34. The number of hydrogen-bond acceptors (Lipinski definition) is 7. The first-order valence-electron chi connectivity index (χ1n) is 17.9. The first-order valence-corrected chi connectivity index (χ1v) is 19.6. The Hall–Kier alpha value is -1.76. The van der Waals surface area contributed by atoms with Gasteiger partial charge in [0, 0.05) is 58.0 Å². The number of hydrazine groups is 1. The lowest BCUT2D eigenvalue weighted by Crippen LogP contribution is -2.55. The average molecular weight is 672 g/mol. The molecule has 2 aliphatic carbocycles. The normalized spacial score (nSPS) is 22.4. The van der Waals surface area contributed by atoms with Crippen molar-refractivity contribution in [2.24, 2.45) is 29.6 Å². The van der Waals surface area contributed by atoms with Crippen LogP contribution in [0.3, 0.4) is 0 Å². The average Bonchev–Trinajstić information content (AvgIpc) is 2.99. The number of sulfonamides is 1. The lowest BCUT2D eigenvalue weighted by molar-refractivity contribution is -0.143. The SMILES string of the molecule is CCCN(CC(O)C(CC1CCCCC1)NC(=O)C1CC(C(=O)N(C)C)CC(C(=O)N(CCC)CCC)C1)NS(=O)(=O)CC(C)C. The summed E-state index contributed by atoms with van der Waals surface area (Å²) in [5.41, 5.74) is 0. The van der Waals surface area contributed by atoms with Crippen LogP contribution in [-0.4, -0.2) is 104 Å². The molecule has 5 atom stereocenters. The van der Waals surface area contributed by atoms with Gasteiger partial charge in [-0.2, -0.15) is 0 Å². The van der Waals surface area contributed by atoms with Crippen molar-refractivity contribution in [3.8, 4) is 0 Å². The Labute approximate surface area is 279 Å². The Bertz CT molecular complexity index is 1040. The van der Waals surface area contributed by atoms with Crippen LogP contribution < -0.4 is 10.1 Å². The summed E-state index contributed by atoms with van der Waals surface area (Å²) in [6.45, 7) is 11.5. The van der Waals surface area contributed by atoms with E-state index < -0.39 is 39.9 Å². The minimum Gasteiger partial charge on any atom is -0.390 e. The van der Waals surface area contributed by atoms with Gasteiger partial charge in [-0.25, -0.2) is 13.4 Å². The van der Waals surface area contributed by atoms with Crippen molar-refractivity contribution in [2.75, 3.05) is 46.0 Å². The molecule has 0 aliphatic heterocycles. The summed E-state index contributed by atoms with van der Waals surface area (Å²) >= 11 is 0. The van der Waals surface area contributed by atoms with Gasteiger partial charge in [-0.1, -0.05) is 66.7 Å². The number of aliphatic hydroxyl groups is 1. The summed E-state index contributed by atoms with van der Waals surface area (Å²) in [6, 6.07) is -0.583. The van der Waals surface area contributed by atoms with Gasteiger partial charge in [0.15, 0.2) is 0 Å². The number of carbonyl (C=O) groups excluding carboxylic acids is 3. The predicted molar refractivity (Wildman–Crippen MR) is 183 cm³/mol. The largest absolute Gasteiger partial charge is 0.390 e. The molecular weight excluding hydrogens is 606 g/mol. The highest BCUT2D eigenvalue weighted by Gasteiger charge is 2.41. The molecule has 2 aliphatic rings. The lowest BCUT2D eigenvalue weighted by Gasteiger charge is -2.38. The van der Waals surface area contributed by atoms with Crippen molar-refractivity contribution in [1.82, 2.24) is 25.0 Å². The van der Waals surface area contributed by atoms with Crippen LogP contribution in [0.2, 0.25) is 0 Å². The number of rotatable bonds is 19. The predicted octanol–water partition coefficient (Wildman–Crippen LogP) is 3.77. The van der Waals surface area contributed by atoms with Crippen molar-refractivity contribution >= 4 is 27.7 Å². The van der Waals surface area contributed by atoms with E-state index in [1.165, 1.54) is 6.42 Å². The Morgan fingerprint density at radius 3 is 1.89 bits per heavy atom. The maximum atomic E-state index is 14.0. The van der Waals surface area contributed by atoms with E-state index in [0.29, 0.717) is 57.7 Å². The van der Waals surface area contributed by atoms with E-state index in [-0.39, 0.29) is 35.9 Å². The number of nitrogens with zero attached hydrogens (tertiary/aromatic N) is 3. The quantitative estimate of drug-likeness (QED) is 0.178.